The Morgan fingerprint density at radius 1 is 1.21 bits per heavy atom. The highest BCUT2D eigenvalue weighted by molar-refractivity contribution is 6.31. The van der Waals surface area contributed by atoms with Crippen LogP contribution in [-0.4, -0.2) is 56.0 Å². The number of carbonyl (C=O) groups is 2. The number of hydrogen-bond acceptors (Lipinski definition) is 4. The number of hydrogen-bond donors (Lipinski definition) is 3. The Morgan fingerprint density at radius 2 is 1.97 bits per heavy atom. The Hall–Kier alpha value is -3.03. The number of aromatic hydroxyl groups is 1. The summed E-state index contributed by atoms with van der Waals surface area (Å²) >= 11 is 6.31. The molecule has 1 fully saturated rings. The van der Waals surface area contributed by atoms with Gasteiger partial charge in [-0.2, -0.15) is 0 Å². The highest BCUT2D eigenvalue weighted by Crippen LogP contribution is 2.49. The van der Waals surface area contributed by atoms with Gasteiger partial charge in [0.2, 0.25) is 0 Å². The minimum absolute atomic E-state index is 0.106. The Morgan fingerprint density at radius 3 is 2.68 bits per heavy atom. The SMILES string of the molecule is CC(C)(C)NCCN1C(=O)N2[C@H](c3cccc(O)c3)c3[nH]c4ccc(Cl)cc4c3C[C@@]2(C)C1=O. The van der Waals surface area contributed by atoms with E-state index in [1.165, 1.54) is 4.90 Å². The van der Waals surface area contributed by atoms with Crippen molar-refractivity contribution >= 4 is 34.4 Å². The number of rotatable bonds is 4. The lowest BCUT2D eigenvalue weighted by atomic mass is 9.81. The molecule has 0 aliphatic carbocycles. The molecule has 3 aromatic rings. The summed E-state index contributed by atoms with van der Waals surface area (Å²) in [6.07, 6.45) is 0.381. The second-order valence-electron chi connectivity index (χ2n) is 10.4. The number of amides is 3. The Kier molecular flexibility index (Phi) is 5.18. The van der Waals surface area contributed by atoms with E-state index in [0.29, 0.717) is 18.0 Å². The molecule has 3 heterocycles. The zero-order chi connectivity index (χ0) is 24.4. The lowest BCUT2D eigenvalue weighted by Crippen LogP contribution is -2.53. The molecule has 5 rings (SSSR count). The van der Waals surface area contributed by atoms with Crippen molar-refractivity contribution in [2.75, 3.05) is 13.1 Å². The van der Waals surface area contributed by atoms with E-state index in [2.05, 4.69) is 10.3 Å². The first-order valence-electron chi connectivity index (χ1n) is 11.5. The average Bonchev–Trinajstić information content (AvgIpc) is 3.19. The van der Waals surface area contributed by atoms with E-state index < -0.39 is 11.6 Å². The normalized spacial score (nSPS) is 22.4. The van der Waals surface area contributed by atoms with Crippen molar-refractivity contribution in [1.29, 1.82) is 0 Å². The number of urea groups is 1. The fraction of sp³-hybridized carbons (Fsp3) is 0.385. The fourth-order valence-electron chi connectivity index (χ4n) is 5.27. The number of aromatic amines is 1. The largest absolute Gasteiger partial charge is 0.508 e. The molecule has 1 saturated heterocycles. The number of nitrogens with zero attached hydrogens (tertiary/aromatic N) is 2. The Bertz CT molecular complexity index is 1310. The van der Waals surface area contributed by atoms with E-state index in [1.54, 1.807) is 23.1 Å². The van der Waals surface area contributed by atoms with Gasteiger partial charge in [0, 0.05) is 46.7 Å². The summed E-state index contributed by atoms with van der Waals surface area (Å²) in [6.45, 7) is 8.77. The van der Waals surface area contributed by atoms with Gasteiger partial charge in [-0.3, -0.25) is 14.6 Å². The van der Waals surface area contributed by atoms with E-state index in [1.807, 2.05) is 52.0 Å². The lowest BCUT2D eigenvalue weighted by molar-refractivity contribution is -0.133. The van der Waals surface area contributed by atoms with Crippen molar-refractivity contribution in [3.63, 3.8) is 0 Å². The molecule has 2 aliphatic rings. The van der Waals surface area contributed by atoms with Crippen LogP contribution in [0.1, 0.15) is 50.6 Å². The van der Waals surface area contributed by atoms with Crippen LogP contribution < -0.4 is 5.32 Å². The monoisotopic (exact) mass is 480 g/mol. The predicted octanol–water partition coefficient (Wildman–Crippen LogP) is 4.58. The van der Waals surface area contributed by atoms with Gasteiger partial charge in [0.15, 0.2) is 0 Å². The van der Waals surface area contributed by atoms with E-state index in [-0.39, 0.29) is 29.8 Å². The van der Waals surface area contributed by atoms with E-state index >= 15 is 0 Å². The number of phenols is 1. The molecule has 0 saturated carbocycles. The smallest absolute Gasteiger partial charge is 0.328 e. The van der Waals surface area contributed by atoms with Crippen LogP contribution in [-0.2, 0) is 11.2 Å². The van der Waals surface area contributed by atoms with Gasteiger partial charge < -0.3 is 15.4 Å². The molecule has 7 nitrogen and oxygen atoms in total. The van der Waals surface area contributed by atoms with Crippen molar-refractivity contribution in [2.24, 2.45) is 0 Å². The first-order chi connectivity index (χ1) is 16.0. The number of nitrogens with one attached hydrogen (secondary N) is 2. The molecule has 2 aliphatic heterocycles. The minimum atomic E-state index is -1.06. The Labute approximate surface area is 203 Å². The van der Waals surface area contributed by atoms with Crippen LogP contribution in [0.15, 0.2) is 42.5 Å². The molecular formula is C26H29ClN4O3. The molecule has 0 spiro atoms. The van der Waals surface area contributed by atoms with E-state index in [0.717, 1.165) is 27.7 Å². The number of benzene rings is 2. The molecule has 0 radical (unpaired) electrons. The summed E-state index contributed by atoms with van der Waals surface area (Å²) in [7, 11) is 0. The predicted molar refractivity (Wildman–Crippen MR) is 132 cm³/mol. The summed E-state index contributed by atoms with van der Waals surface area (Å²) in [5, 5.41) is 15.1. The first-order valence-corrected chi connectivity index (χ1v) is 11.9. The number of H-pyrrole nitrogens is 1. The van der Waals surface area contributed by atoms with Crippen molar-refractivity contribution in [1.82, 2.24) is 20.1 Å². The third kappa shape index (κ3) is 3.54. The van der Waals surface area contributed by atoms with Gasteiger partial charge in [0.05, 0.1) is 0 Å². The highest BCUT2D eigenvalue weighted by atomic mass is 35.5. The molecule has 178 valence electrons. The number of fused-ring (bicyclic) bond motifs is 4. The number of aromatic nitrogens is 1. The van der Waals surface area contributed by atoms with Crippen molar-refractivity contribution in [3.05, 3.63) is 64.3 Å². The molecule has 34 heavy (non-hydrogen) atoms. The van der Waals surface area contributed by atoms with Crippen LogP contribution in [0.5, 0.6) is 5.75 Å². The third-order valence-corrected chi connectivity index (χ3v) is 7.04. The second kappa shape index (κ2) is 7.75. The van der Waals surface area contributed by atoms with Crippen LogP contribution in [0.4, 0.5) is 4.79 Å². The standard InChI is InChI=1S/C26H29ClN4O3/c1-25(2,3)28-10-11-30-23(33)26(4)14-19-18-13-16(27)8-9-20(18)29-21(19)22(31(26)24(30)34)15-6-5-7-17(32)12-15/h5-9,12-13,22,28-29,32H,10-11,14H2,1-4H3/t22-,26+/m1/s1. The van der Waals surface area contributed by atoms with E-state index in [9.17, 15) is 14.7 Å². The molecule has 0 bridgehead atoms. The number of imide groups is 1. The van der Waals surface area contributed by atoms with Gasteiger partial charge in [-0.1, -0.05) is 23.7 Å². The minimum Gasteiger partial charge on any atom is -0.508 e. The lowest BCUT2D eigenvalue weighted by Gasteiger charge is -2.42. The van der Waals surface area contributed by atoms with Gasteiger partial charge >= 0.3 is 6.03 Å². The third-order valence-electron chi connectivity index (χ3n) is 6.81. The topological polar surface area (TPSA) is 88.7 Å². The van der Waals surface area contributed by atoms with Gasteiger partial charge in [-0.25, -0.2) is 4.79 Å². The molecule has 2 atom stereocenters. The summed E-state index contributed by atoms with van der Waals surface area (Å²) < 4.78 is 0. The fourth-order valence-corrected chi connectivity index (χ4v) is 5.44. The molecular weight excluding hydrogens is 452 g/mol. The van der Waals surface area contributed by atoms with Crippen molar-refractivity contribution in [2.45, 2.75) is 51.2 Å². The van der Waals surface area contributed by atoms with Crippen LogP contribution in [0.2, 0.25) is 5.02 Å². The molecule has 3 N–H and O–H groups in total. The maximum atomic E-state index is 13.8. The molecule has 1 aromatic heterocycles. The van der Waals surface area contributed by atoms with Crippen molar-refractivity contribution in [3.8, 4) is 5.75 Å². The zero-order valence-electron chi connectivity index (χ0n) is 19.8. The molecule has 3 amide bonds. The molecule has 8 heteroatoms. The Balaban J connectivity index is 1.64. The van der Waals surface area contributed by atoms with Crippen LogP contribution in [0.3, 0.4) is 0 Å². The molecule has 2 aromatic carbocycles. The van der Waals surface area contributed by atoms with Gasteiger partial charge in [0.25, 0.3) is 5.91 Å². The second-order valence-corrected chi connectivity index (χ2v) is 10.9. The van der Waals surface area contributed by atoms with Crippen molar-refractivity contribution < 1.29 is 14.7 Å². The maximum Gasteiger partial charge on any atom is 0.328 e. The molecule has 0 unspecified atom stereocenters. The summed E-state index contributed by atoms with van der Waals surface area (Å²) in [5.74, 6) is -0.102. The first kappa shape index (κ1) is 22.7. The number of halogens is 1. The number of carbonyl (C=O) groups excluding carboxylic acids is 2. The summed E-state index contributed by atoms with van der Waals surface area (Å²) in [6, 6.07) is 11.6. The van der Waals surface area contributed by atoms with Gasteiger partial charge in [0.1, 0.15) is 17.3 Å². The average molecular weight is 481 g/mol. The summed E-state index contributed by atoms with van der Waals surface area (Å²) in [5.41, 5.74) is 2.27. The highest BCUT2D eigenvalue weighted by Gasteiger charge is 2.60. The van der Waals surface area contributed by atoms with Crippen LogP contribution in [0, 0.1) is 0 Å². The van der Waals surface area contributed by atoms with E-state index in [4.69, 9.17) is 11.6 Å². The quantitative estimate of drug-likeness (QED) is 0.477. The van der Waals surface area contributed by atoms with Gasteiger partial charge in [-0.05, 0) is 69.2 Å². The van der Waals surface area contributed by atoms with Crippen LogP contribution in [0.25, 0.3) is 10.9 Å². The van der Waals surface area contributed by atoms with Crippen LogP contribution >= 0.6 is 11.6 Å². The van der Waals surface area contributed by atoms with Gasteiger partial charge in [-0.15, -0.1) is 0 Å². The zero-order valence-corrected chi connectivity index (χ0v) is 20.5. The maximum absolute atomic E-state index is 13.8. The number of phenolic OH excluding ortho intramolecular Hbond substituents is 1. The summed E-state index contributed by atoms with van der Waals surface area (Å²) in [4.78, 5) is 34.0.